The maximum Gasteiger partial charge on any atom is 0.257 e. The van der Waals surface area contributed by atoms with Crippen molar-refractivity contribution in [1.29, 1.82) is 0 Å². The fourth-order valence-electron chi connectivity index (χ4n) is 4.53. The van der Waals surface area contributed by atoms with Gasteiger partial charge in [0.2, 0.25) is 11.8 Å². The average Bonchev–Trinajstić information content (AvgIpc) is 2.83. The molecule has 2 heterocycles. The molecule has 176 valence electrons. The SMILES string of the molecule is CCCCNC(=O)C1CCCN(C(=O)C2CCN(C(=O)c3cc(Cl)ccc3OC)CC2)C1. The van der Waals surface area contributed by atoms with Crippen molar-refractivity contribution in [3.8, 4) is 5.75 Å². The van der Waals surface area contributed by atoms with Crippen molar-refractivity contribution < 1.29 is 19.1 Å². The molecule has 7 nitrogen and oxygen atoms in total. The number of amides is 3. The van der Waals surface area contributed by atoms with E-state index in [1.165, 1.54) is 7.11 Å². The molecule has 0 aliphatic carbocycles. The molecule has 1 aromatic carbocycles. The second-order valence-corrected chi connectivity index (χ2v) is 9.12. The molecule has 0 saturated carbocycles. The van der Waals surface area contributed by atoms with Crippen molar-refractivity contribution in [1.82, 2.24) is 15.1 Å². The monoisotopic (exact) mass is 463 g/mol. The Hall–Kier alpha value is -2.28. The van der Waals surface area contributed by atoms with Crippen molar-refractivity contribution in [3.05, 3.63) is 28.8 Å². The van der Waals surface area contributed by atoms with Crippen LogP contribution < -0.4 is 10.1 Å². The summed E-state index contributed by atoms with van der Waals surface area (Å²) in [5, 5.41) is 3.48. The van der Waals surface area contributed by atoms with Gasteiger partial charge in [0.05, 0.1) is 18.6 Å². The van der Waals surface area contributed by atoms with E-state index in [1.807, 2.05) is 4.90 Å². The molecule has 2 aliphatic rings. The first kappa shape index (κ1) is 24.4. The molecule has 3 rings (SSSR count). The molecule has 0 radical (unpaired) electrons. The van der Waals surface area contributed by atoms with Crippen molar-refractivity contribution in [2.45, 2.75) is 45.4 Å². The summed E-state index contributed by atoms with van der Waals surface area (Å²) in [5.41, 5.74) is 0.442. The van der Waals surface area contributed by atoms with E-state index < -0.39 is 0 Å². The van der Waals surface area contributed by atoms with Crippen LogP contribution in [0.5, 0.6) is 5.75 Å². The van der Waals surface area contributed by atoms with E-state index in [1.54, 1.807) is 23.1 Å². The van der Waals surface area contributed by atoms with Gasteiger partial charge in [0, 0.05) is 43.7 Å². The Bertz CT molecular complexity index is 823. The largest absolute Gasteiger partial charge is 0.496 e. The van der Waals surface area contributed by atoms with Gasteiger partial charge < -0.3 is 19.9 Å². The van der Waals surface area contributed by atoms with Crippen molar-refractivity contribution >= 4 is 29.3 Å². The lowest BCUT2D eigenvalue weighted by Gasteiger charge is -2.37. The van der Waals surface area contributed by atoms with Gasteiger partial charge in [-0.3, -0.25) is 14.4 Å². The Labute approximate surface area is 195 Å². The zero-order valence-electron chi connectivity index (χ0n) is 19.1. The highest BCUT2D eigenvalue weighted by molar-refractivity contribution is 6.31. The predicted molar refractivity (Wildman–Crippen MR) is 124 cm³/mol. The maximum atomic E-state index is 13.1. The number of piperidine rings is 2. The number of nitrogens with zero attached hydrogens (tertiary/aromatic N) is 2. The molecule has 0 bridgehead atoms. The first-order chi connectivity index (χ1) is 15.4. The van der Waals surface area contributed by atoms with Crippen molar-refractivity contribution in [2.75, 3.05) is 39.8 Å². The summed E-state index contributed by atoms with van der Waals surface area (Å²) in [5.74, 6) is 0.310. The zero-order chi connectivity index (χ0) is 23.1. The minimum atomic E-state index is -0.128. The van der Waals surface area contributed by atoms with Gasteiger partial charge in [-0.05, 0) is 50.3 Å². The van der Waals surface area contributed by atoms with Crippen LogP contribution in [0.4, 0.5) is 0 Å². The van der Waals surface area contributed by atoms with Crippen LogP contribution in [-0.2, 0) is 9.59 Å². The first-order valence-electron chi connectivity index (χ1n) is 11.6. The van der Waals surface area contributed by atoms with Crippen LogP contribution in [0.2, 0.25) is 5.02 Å². The number of benzene rings is 1. The normalized spacial score (nSPS) is 19.5. The summed E-state index contributed by atoms with van der Waals surface area (Å²) >= 11 is 6.07. The average molecular weight is 464 g/mol. The molecule has 2 aliphatic heterocycles. The quantitative estimate of drug-likeness (QED) is 0.629. The molecule has 32 heavy (non-hydrogen) atoms. The molecule has 3 amide bonds. The van der Waals surface area contributed by atoms with E-state index in [0.29, 0.717) is 61.9 Å². The molecule has 1 N–H and O–H groups in total. The van der Waals surface area contributed by atoms with Crippen LogP contribution in [-0.4, -0.2) is 67.4 Å². The molecular weight excluding hydrogens is 430 g/mol. The topological polar surface area (TPSA) is 79.0 Å². The van der Waals surface area contributed by atoms with Gasteiger partial charge in [0.1, 0.15) is 5.75 Å². The molecule has 0 spiro atoms. The molecule has 2 fully saturated rings. The van der Waals surface area contributed by atoms with E-state index in [4.69, 9.17) is 16.3 Å². The van der Waals surface area contributed by atoms with Crippen molar-refractivity contribution in [2.24, 2.45) is 11.8 Å². The lowest BCUT2D eigenvalue weighted by molar-refractivity contribution is -0.140. The fraction of sp³-hybridized carbons (Fsp3) is 0.625. The molecule has 0 aromatic heterocycles. The van der Waals surface area contributed by atoms with Crippen molar-refractivity contribution in [3.63, 3.8) is 0 Å². The third-order valence-corrected chi connectivity index (χ3v) is 6.69. The summed E-state index contributed by atoms with van der Waals surface area (Å²) in [4.78, 5) is 42.2. The maximum absolute atomic E-state index is 13.1. The molecule has 1 aromatic rings. The second-order valence-electron chi connectivity index (χ2n) is 8.68. The minimum Gasteiger partial charge on any atom is -0.496 e. The Morgan fingerprint density at radius 3 is 2.53 bits per heavy atom. The number of unbranched alkanes of at least 4 members (excludes halogenated alkanes) is 1. The summed E-state index contributed by atoms with van der Waals surface area (Å²) in [6.45, 7) is 5.02. The number of hydrogen-bond acceptors (Lipinski definition) is 4. The van der Waals surface area contributed by atoms with Crippen LogP contribution in [0.25, 0.3) is 0 Å². The Balaban J connectivity index is 1.53. The summed E-state index contributed by atoms with van der Waals surface area (Å²) in [6, 6.07) is 5.01. The van der Waals surface area contributed by atoms with Gasteiger partial charge in [0.25, 0.3) is 5.91 Å². The van der Waals surface area contributed by atoms with Crippen LogP contribution in [0, 0.1) is 11.8 Å². The molecule has 8 heteroatoms. The number of halogens is 1. The second kappa shape index (κ2) is 11.5. The highest BCUT2D eigenvalue weighted by Crippen LogP contribution is 2.28. The predicted octanol–water partition coefficient (Wildman–Crippen LogP) is 3.36. The van der Waals surface area contributed by atoms with Gasteiger partial charge >= 0.3 is 0 Å². The molecule has 2 saturated heterocycles. The standard InChI is InChI=1S/C24H34ClN3O4/c1-3-4-11-26-22(29)18-6-5-12-28(16-18)23(30)17-9-13-27(14-10-17)24(31)20-15-19(25)7-8-21(20)32-2/h7-8,15,17-18H,3-6,9-14,16H2,1-2H3,(H,26,29). The van der Waals surface area contributed by atoms with Crippen LogP contribution in [0.3, 0.4) is 0 Å². The molecular formula is C24H34ClN3O4. The van der Waals surface area contributed by atoms with E-state index >= 15 is 0 Å². The van der Waals surface area contributed by atoms with Gasteiger partial charge in [0.15, 0.2) is 0 Å². The first-order valence-corrected chi connectivity index (χ1v) is 12.0. The Morgan fingerprint density at radius 2 is 1.84 bits per heavy atom. The minimum absolute atomic E-state index is 0.0619. The Kier molecular flexibility index (Phi) is 8.79. The number of methoxy groups -OCH3 is 1. The molecule has 1 unspecified atom stereocenters. The smallest absolute Gasteiger partial charge is 0.257 e. The molecule has 1 atom stereocenters. The lowest BCUT2D eigenvalue weighted by atomic mass is 9.91. The van der Waals surface area contributed by atoms with E-state index in [2.05, 4.69) is 12.2 Å². The van der Waals surface area contributed by atoms with Crippen LogP contribution in [0.1, 0.15) is 55.8 Å². The van der Waals surface area contributed by atoms with Gasteiger partial charge in [-0.2, -0.15) is 0 Å². The van der Waals surface area contributed by atoms with Gasteiger partial charge in [-0.15, -0.1) is 0 Å². The zero-order valence-corrected chi connectivity index (χ0v) is 19.8. The highest BCUT2D eigenvalue weighted by Gasteiger charge is 2.34. The summed E-state index contributed by atoms with van der Waals surface area (Å²) in [6.07, 6.45) is 4.94. The fourth-order valence-corrected chi connectivity index (χ4v) is 4.70. The third-order valence-electron chi connectivity index (χ3n) is 6.46. The van der Waals surface area contributed by atoms with Crippen LogP contribution >= 0.6 is 11.6 Å². The number of likely N-dealkylation sites (tertiary alicyclic amines) is 2. The summed E-state index contributed by atoms with van der Waals surface area (Å²) < 4.78 is 5.31. The Morgan fingerprint density at radius 1 is 1.09 bits per heavy atom. The number of carbonyl (C=O) groups excluding carboxylic acids is 3. The highest BCUT2D eigenvalue weighted by atomic mass is 35.5. The number of hydrogen-bond donors (Lipinski definition) is 1. The van der Waals surface area contributed by atoms with Gasteiger partial charge in [-0.1, -0.05) is 24.9 Å². The third kappa shape index (κ3) is 5.94. The van der Waals surface area contributed by atoms with Crippen LogP contribution in [0.15, 0.2) is 18.2 Å². The number of carbonyl (C=O) groups is 3. The number of ether oxygens (including phenoxy) is 1. The number of rotatable bonds is 7. The van der Waals surface area contributed by atoms with E-state index in [0.717, 1.165) is 25.7 Å². The number of nitrogens with one attached hydrogen (secondary N) is 1. The van der Waals surface area contributed by atoms with E-state index in [-0.39, 0.29) is 29.6 Å². The summed E-state index contributed by atoms with van der Waals surface area (Å²) in [7, 11) is 1.53. The van der Waals surface area contributed by atoms with E-state index in [9.17, 15) is 14.4 Å². The van der Waals surface area contributed by atoms with Gasteiger partial charge in [-0.25, -0.2) is 0 Å². The lowest BCUT2D eigenvalue weighted by Crippen LogP contribution is -2.49.